The van der Waals surface area contributed by atoms with E-state index in [1.54, 1.807) is 23.5 Å². The maximum Gasteiger partial charge on any atom is 0.243 e. The minimum absolute atomic E-state index is 0. The molecule has 1 heterocycles. The molecule has 6 nitrogen and oxygen atoms in total. The van der Waals surface area contributed by atoms with Crippen molar-refractivity contribution in [3.05, 3.63) is 29.8 Å². The Labute approximate surface area is 174 Å². The highest BCUT2D eigenvalue weighted by molar-refractivity contribution is 14.0. The molecule has 26 heavy (non-hydrogen) atoms. The van der Waals surface area contributed by atoms with Gasteiger partial charge in [-0.1, -0.05) is 26.0 Å². The molecule has 0 aliphatic carbocycles. The Balaban J connectivity index is 0.00000338. The van der Waals surface area contributed by atoms with Gasteiger partial charge in [0.25, 0.3) is 0 Å². The van der Waals surface area contributed by atoms with E-state index in [2.05, 4.69) is 29.5 Å². The minimum Gasteiger partial charge on any atom is -0.356 e. The van der Waals surface area contributed by atoms with Gasteiger partial charge in [-0.2, -0.15) is 4.31 Å². The van der Waals surface area contributed by atoms with Crippen LogP contribution in [-0.4, -0.2) is 45.4 Å². The summed E-state index contributed by atoms with van der Waals surface area (Å²) in [6, 6.07) is 7.11. The Hall–Kier alpha value is -0.870. The number of sulfonamides is 1. The molecule has 0 saturated carbocycles. The van der Waals surface area contributed by atoms with E-state index in [9.17, 15) is 8.42 Å². The lowest BCUT2D eigenvalue weighted by Gasteiger charge is -2.16. The van der Waals surface area contributed by atoms with E-state index in [1.165, 1.54) is 0 Å². The Morgan fingerprint density at radius 1 is 1.15 bits per heavy atom. The van der Waals surface area contributed by atoms with Gasteiger partial charge < -0.3 is 10.6 Å². The van der Waals surface area contributed by atoms with Crippen LogP contribution in [0.5, 0.6) is 0 Å². The maximum absolute atomic E-state index is 12.5. The Bertz CT molecular complexity index is 669. The van der Waals surface area contributed by atoms with Crippen LogP contribution in [0.3, 0.4) is 0 Å². The summed E-state index contributed by atoms with van der Waals surface area (Å²) in [7, 11) is -1.59. The topological polar surface area (TPSA) is 73.8 Å². The highest BCUT2D eigenvalue weighted by Crippen LogP contribution is 2.21. The lowest BCUT2D eigenvalue weighted by Crippen LogP contribution is -2.37. The molecule has 2 rings (SSSR count). The van der Waals surface area contributed by atoms with E-state index in [-0.39, 0.29) is 24.0 Å². The van der Waals surface area contributed by atoms with Crippen LogP contribution in [-0.2, 0) is 16.6 Å². The zero-order valence-electron chi connectivity index (χ0n) is 15.9. The number of nitrogens with one attached hydrogen (secondary N) is 2. The van der Waals surface area contributed by atoms with Gasteiger partial charge in [-0.25, -0.2) is 8.42 Å². The standard InChI is InChI=1S/C18H30N4O2S.HI/c1-15(2)10-11-20-18(19-3)21-14-16-6-8-17(9-7-16)25(23,24)22-12-4-5-13-22;/h6-9,15H,4-5,10-14H2,1-3H3,(H2,19,20,21);1H. The van der Waals surface area contributed by atoms with Crippen LogP contribution < -0.4 is 10.6 Å². The predicted octanol–water partition coefficient (Wildman–Crippen LogP) is 2.80. The summed E-state index contributed by atoms with van der Waals surface area (Å²) in [6.07, 6.45) is 2.98. The van der Waals surface area contributed by atoms with Crippen LogP contribution in [0.2, 0.25) is 0 Å². The van der Waals surface area contributed by atoms with Crippen LogP contribution in [0.1, 0.15) is 38.7 Å². The van der Waals surface area contributed by atoms with E-state index < -0.39 is 10.0 Å². The largest absolute Gasteiger partial charge is 0.356 e. The number of nitrogens with zero attached hydrogens (tertiary/aromatic N) is 2. The number of rotatable bonds is 7. The second-order valence-electron chi connectivity index (χ2n) is 6.79. The molecule has 0 bridgehead atoms. The number of aliphatic imine (C=N–C) groups is 1. The van der Waals surface area contributed by atoms with E-state index in [1.807, 2.05) is 12.1 Å². The third-order valence-electron chi connectivity index (χ3n) is 4.32. The molecule has 2 N–H and O–H groups in total. The van der Waals surface area contributed by atoms with Crippen molar-refractivity contribution in [2.24, 2.45) is 10.9 Å². The molecule has 1 aromatic rings. The first kappa shape index (κ1) is 23.2. The highest BCUT2D eigenvalue weighted by atomic mass is 127. The van der Waals surface area contributed by atoms with Gasteiger partial charge in [0.05, 0.1) is 4.90 Å². The van der Waals surface area contributed by atoms with Crippen molar-refractivity contribution in [3.8, 4) is 0 Å². The van der Waals surface area contributed by atoms with E-state index in [4.69, 9.17) is 0 Å². The summed E-state index contributed by atoms with van der Waals surface area (Å²) in [5, 5.41) is 6.53. The van der Waals surface area contributed by atoms with E-state index in [0.717, 1.165) is 37.3 Å². The first-order valence-electron chi connectivity index (χ1n) is 8.97. The van der Waals surface area contributed by atoms with Crippen molar-refractivity contribution in [1.29, 1.82) is 0 Å². The summed E-state index contributed by atoms with van der Waals surface area (Å²) in [5.41, 5.74) is 1.02. The molecular formula is C18H31IN4O2S. The van der Waals surface area contributed by atoms with Gasteiger partial charge in [0.1, 0.15) is 0 Å². The quantitative estimate of drug-likeness (QED) is 0.348. The van der Waals surface area contributed by atoms with Crippen LogP contribution >= 0.6 is 24.0 Å². The molecule has 1 saturated heterocycles. The van der Waals surface area contributed by atoms with Gasteiger partial charge in [0.2, 0.25) is 10.0 Å². The Kier molecular flexibility index (Phi) is 9.88. The first-order chi connectivity index (χ1) is 11.9. The van der Waals surface area contributed by atoms with Gasteiger partial charge in [-0.15, -0.1) is 24.0 Å². The zero-order chi connectivity index (χ0) is 18.3. The number of hydrogen-bond donors (Lipinski definition) is 2. The van der Waals surface area contributed by atoms with E-state index >= 15 is 0 Å². The summed E-state index contributed by atoms with van der Waals surface area (Å²) in [4.78, 5) is 4.57. The zero-order valence-corrected chi connectivity index (χ0v) is 19.0. The predicted molar refractivity (Wildman–Crippen MR) is 118 cm³/mol. The molecule has 0 amide bonds. The second kappa shape index (κ2) is 11.1. The average Bonchev–Trinajstić information content (AvgIpc) is 3.13. The number of benzene rings is 1. The van der Waals surface area contributed by atoms with Crippen molar-refractivity contribution in [2.45, 2.75) is 44.6 Å². The smallest absolute Gasteiger partial charge is 0.243 e. The van der Waals surface area contributed by atoms with Gasteiger partial charge in [0, 0.05) is 33.2 Å². The average molecular weight is 494 g/mol. The first-order valence-corrected chi connectivity index (χ1v) is 10.4. The molecule has 1 fully saturated rings. The molecule has 148 valence electrons. The third-order valence-corrected chi connectivity index (χ3v) is 6.24. The molecule has 0 aromatic heterocycles. The van der Waals surface area contributed by atoms with Gasteiger partial charge >= 0.3 is 0 Å². The van der Waals surface area contributed by atoms with Crippen LogP contribution in [0.4, 0.5) is 0 Å². The molecule has 0 atom stereocenters. The van der Waals surface area contributed by atoms with Crippen molar-refractivity contribution in [2.75, 3.05) is 26.7 Å². The Morgan fingerprint density at radius 2 is 1.77 bits per heavy atom. The monoisotopic (exact) mass is 494 g/mol. The van der Waals surface area contributed by atoms with Gasteiger partial charge in [-0.3, -0.25) is 4.99 Å². The fourth-order valence-electron chi connectivity index (χ4n) is 2.74. The van der Waals surface area contributed by atoms with Crippen LogP contribution in [0.25, 0.3) is 0 Å². The fraction of sp³-hybridized carbons (Fsp3) is 0.611. The molecule has 0 radical (unpaired) electrons. The lowest BCUT2D eigenvalue weighted by atomic mass is 10.1. The number of hydrogen-bond acceptors (Lipinski definition) is 3. The van der Waals surface area contributed by atoms with E-state index in [0.29, 0.717) is 30.4 Å². The summed E-state index contributed by atoms with van der Waals surface area (Å²) >= 11 is 0. The third kappa shape index (κ3) is 6.70. The molecule has 8 heteroatoms. The number of halogens is 1. The summed E-state index contributed by atoms with van der Waals surface area (Å²) in [5.74, 6) is 1.41. The number of guanidine groups is 1. The normalized spacial score (nSPS) is 15.8. The van der Waals surface area contributed by atoms with Crippen molar-refractivity contribution < 1.29 is 8.42 Å². The lowest BCUT2D eigenvalue weighted by molar-refractivity contribution is 0.477. The van der Waals surface area contributed by atoms with Crippen molar-refractivity contribution in [1.82, 2.24) is 14.9 Å². The molecule has 1 aliphatic heterocycles. The fourth-order valence-corrected chi connectivity index (χ4v) is 4.26. The molecular weight excluding hydrogens is 463 g/mol. The SMILES string of the molecule is CN=C(NCCC(C)C)NCc1ccc(S(=O)(=O)N2CCCC2)cc1.I. The summed E-state index contributed by atoms with van der Waals surface area (Å²) in [6.45, 7) is 7.12. The maximum atomic E-state index is 12.5. The van der Waals surface area contributed by atoms with Crippen molar-refractivity contribution in [3.63, 3.8) is 0 Å². The van der Waals surface area contributed by atoms with Gasteiger partial charge in [0.15, 0.2) is 5.96 Å². The highest BCUT2D eigenvalue weighted by Gasteiger charge is 2.26. The van der Waals surface area contributed by atoms with Gasteiger partial charge in [-0.05, 0) is 42.9 Å². The van der Waals surface area contributed by atoms with Crippen molar-refractivity contribution >= 4 is 40.0 Å². The molecule has 1 aliphatic rings. The van der Waals surface area contributed by atoms with Crippen LogP contribution in [0, 0.1) is 5.92 Å². The molecule has 0 unspecified atom stereocenters. The molecule has 1 aromatic carbocycles. The second-order valence-corrected chi connectivity index (χ2v) is 8.73. The summed E-state index contributed by atoms with van der Waals surface area (Å²) < 4.78 is 26.6. The minimum atomic E-state index is -3.33. The Morgan fingerprint density at radius 3 is 2.31 bits per heavy atom. The van der Waals surface area contributed by atoms with Crippen LogP contribution in [0.15, 0.2) is 34.2 Å². The molecule has 0 spiro atoms.